The summed E-state index contributed by atoms with van der Waals surface area (Å²) in [6.45, 7) is 8.07. The van der Waals surface area contributed by atoms with E-state index >= 15 is 0 Å². The Labute approximate surface area is 144 Å². The number of benzene rings is 1. The van der Waals surface area contributed by atoms with Crippen LogP contribution in [0, 0.1) is 20.8 Å². The molecule has 0 saturated heterocycles. The number of carbonyl (C=O) groups excluding carboxylic acids is 2. The van der Waals surface area contributed by atoms with E-state index in [2.05, 4.69) is 5.32 Å². The lowest BCUT2D eigenvalue weighted by Crippen LogP contribution is -2.49. The summed E-state index contributed by atoms with van der Waals surface area (Å²) in [4.78, 5) is 34.6. The maximum atomic E-state index is 12.0. The van der Waals surface area contributed by atoms with Crippen molar-refractivity contribution in [2.75, 3.05) is 0 Å². The van der Waals surface area contributed by atoms with Crippen molar-refractivity contribution in [1.29, 1.82) is 0 Å². The third-order valence-electron chi connectivity index (χ3n) is 4.21. The molecule has 25 heavy (non-hydrogen) atoms. The minimum atomic E-state index is -1.38. The zero-order valence-electron chi connectivity index (χ0n) is 14.8. The van der Waals surface area contributed by atoms with Crippen molar-refractivity contribution < 1.29 is 23.8 Å². The standard InChI is InChI=1S/C18H21NO6/c1-8-9(2)18(23)25-15-10(3)14(7-6-13(8)15)24-12(5)16(20)19-11(4)17(21)22/h6-7,11-12H,1-5H3,(H,19,20)(H,21,22)/p-1/t11-,12-/m0/s1. The lowest BCUT2D eigenvalue weighted by molar-refractivity contribution is -0.307. The van der Waals surface area contributed by atoms with E-state index < -0.39 is 29.6 Å². The van der Waals surface area contributed by atoms with Crippen LogP contribution in [-0.2, 0) is 9.59 Å². The summed E-state index contributed by atoms with van der Waals surface area (Å²) >= 11 is 0. The van der Waals surface area contributed by atoms with E-state index in [-0.39, 0.29) is 0 Å². The average molecular weight is 346 g/mol. The van der Waals surface area contributed by atoms with E-state index in [0.717, 1.165) is 10.9 Å². The van der Waals surface area contributed by atoms with Gasteiger partial charge in [0.1, 0.15) is 11.3 Å². The molecule has 1 heterocycles. The Morgan fingerprint density at radius 3 is 2.36 bits per heavy atom. The van der Waals surface area contributed by atoms with Crippen molar-refractivity contribution in [1.82, 2.24) is 5.32 Å². The number of nitrogens with one attached hydrogen (secondary N) is 1. The largest absolute Gasteiger partial charge is 0.548 e. The summed E-state index contributed by atoms with van der Waals surface area (Å²) in [5.41, 5.74) is 1.95. The van der Waals surface area contributed by atoms with Crippen molar-refractivity contribution >= 4 is 22.8 Å². The molecule has 1 N–H and O–H groups in total. The third-order valence-corrected chi connectivity index (χ3v) is 4.21. The maximum Gasteiger partial charge on any atom is 0.339 e. The highest BCUT2D eigenvalue weighted by Gasteiger charge is 2.20. The molecule has 0 aliphatic heterocycles. The Balaban J connectivity index is 2.32. The van der Waals surface area contributed by atoms with Crippen LogP contribution in [0.5, 0.6) is 5.75 Å². The van der Waals surface area contributed by atoms with Crippen LogP contribution < -0.4 is 20.8 Å². The van der Waals surface area contributed by atoms with Crippen molar-refractivity contribution in [2.45, 2.75) is 46.8 Å². The highest BCUT2D eigenvalue weighted by atomic mass is 16.5. The van der Waals surface area contributed by atoms with Gasteiger partial charge in [0.15, 0.2) is 6.10 Å². The molecule has 1 aromatic carbocycles. The van der Waals surface area contributed by atoms with Gasteiger partial charge in [-0.15, -0.1) is 0 Å². The van der Waals surface area contributed by atoms with Crippen molar-refractivity contribution in [3.05, 3.63) is 39.2 Å². The molecule has 0 aliphatic rings. The van der Waals surface area contributed by atoms with Crippen LogP contribution >= 0.6 is 0 Å². The molecule has 0 radical (unpaired) electrons. The number of fused-ring (bicyclic) bond motifs is 1. The number of carboxylic acids is 1. The van der Waals surface area contributed by atoms with Gasteiger partial charge in [0.2, 0.25) is 0 Å². The first-order valence-corrected chi connectivity index (χ1v) is 7.85. The number of hydrogen-bond donors (Lipinski definition) is 1. The normalized spacial score (nSPS) is 13.3. The first-order chi connectivity index (χ1) is 11.6. The lowest BCUT2D eigenvalue weighted by Gasteiger charge is -2.20. The second-order valence-corrected chi connectivity index (χ2v) is 6.01. The predicted molar refractivity (Wildman–Crippen MR) is 89.4 cm³/mol. The average Bonchev–Trinajstić information content (AvgIpc) is 2.55. The van der Waals surface area contributed by atoms with Crippen LogP contribution in [0.2, 0.25) is 0 Å². The molecule has 0 unspecified atom stereocenters. The molecule has 7 nitrogen and oxygen atoms in total. The smallest absolute Gasteiger partial charge is 0.339 e. The third kappa shape index (κ3) is 3.65. The maximum absolute atomic E-state index is 12.0. The summed E-state index contributed by atoms with van der Waals surface area (Å²) in [6.07, 6.45) is -0.934. The number of aryl methyl sites for hydroxylation is 2. The summed E-state index contributed by atoms with van der Waals surface area (Å²) in [6, 6.07) is 2.33. The van der Waals surface area contributed by atoms with E-state index in [9.17, 15) is 19.5 Å². The molecule has 0 bridgehead atoms. The monoisotopic (exact) mass is 346 g/mol. The van der Waals surface area contributed by atoms with E-state index in [1.165, 1.54) is 13.8 Å². The Morgan fingerprint density at radius 2 is 1.76 bits per heavy atom. The van der Waals surface area contributed by atoms with Crippen molar-refractivity contribution in [2.24, 2.45) is 0 Å². The Kier molecular flexibility index (Phi) is 5.15. The highest BCUT2D eigenvalue weighted by Crippen LogP contribution is 2.29. The Hall–Kier alpha value is -2.83. The van der Waals surface area contributed by atoms with Gasteiger partial charge in [-0.25, -0.2) is 4.79 Å². The van der Waals surface area contributed by atoms with Crippen LogP contribution in [0.4, 0.5) is 0 Å². The van der Waals surface area contributed by atoms with Crippen molar-refractivity contribution in [3.8, 4) is 5.75 Å². The molecule has 2 atom stereocenters. The molecular weight excluding hydrogens is 326 g/mol. The predicted octanol–water partition coefficient (Wildman–Crippen LogP) is 0.740. The number of carbonyl (C=O) groups is 2. The van der Waals surface area contributed by atoms with Gasteiger partial charge in [0.25, 0.3) is 5.91 Å². The zero-order chi connectivity index (χ0) is 18.9. The first kappa shape index (κ1) is 18.5. The summed E-state index contributed by atoms with van der Waals surface area (Å²) in [7, 11) is 0. The molecule has 2 aromatic rings. The van der Waals surface area contributed by atoms with Gasteiger partial charge < -0.3 is 24.4 Å². The molecule has 7 heteroatoms. The summed E-state index contributed by atoms with van der Waals surface area (Å²) < 4.78 is 11.0. The number of aliphatic carboxylic acids is 1. The quantitative estimate of drug-likeness (QED) is 0.800. The van der Waals surface area contributed by atoms with Gasteiger partial charge >= 0.3 is 5.63 Å². The van der Waals surface area contributed by atoms with Crippen LogP contribution in [0.1, 0.15) is 30.5 Å². The molecule has 1 aromatic heterocycles. The van der Waals surface area contributed by atoms with Gasteiger partial charge in [0.05, 0.1) is 12.0 Å². The molecule has 0 fully saturated rings. The topological polar surface area (TPSA) is 109 Å². The first-order valence-electron chi connectivity index (χ1n) is 7.85. The van der Waals surface area contributed by atoms with Gasteiger partial charge in [-0.1, -0.05) is 0 Å². The molecule has 1 amide bonds. The van der Waals surface area contributed by atoms with Gasteiger partial charge in [-0.05, 0) is 52.3 Å². The van der Waals surface area contributed by atoms with Gasteiger partial charge in [-0.2, -0.15) is 0 Å². The number of rotatable bonds is 5. The lowest BCUT2D eigenvalue weighted by atomic mass is 10.0. The molecule has 2 rings (SSSR count). The van der Waals surface area contributed by atoms with Gasteiger partial charge in [0, 0.05) is 16.5 Å². The Bertz CT molecular complexity index is 899. The van der Waals surface area contributed by atoms with Crippen LogP contribution in [0.25, 0.3) is 11.0 Å². The molecule has 0 aliphatic carbocycles. The number of hydrogen-bond acceptors (Lipinski definition) is 6. The number of ether oxygens (including phenoxy) is 1. The van der Waals surface area contributed by atoms with E-state index in [1.54, 1.807) is 26.0 Å². The summed E-state index contributed by atoms with van der Waals surface area (Å²) in [5.74, 6) is -1.59. The fraction of sp³-hybridized carbons (Fsp3) is 0.389. The fourth-order valence-corrected chi connectivity index (χ4v) is 2.39. The van der Waals surface area contributed by atoms with Crippen molar-refractivity contribution in [3.63, 3.8) is 0 Å². The summed E-state index contributed by atoms with van der Waals surface area (Å²) in [5, 5.41) is 13.8. The van der Waals surface area contributed by atoms with Gasteiger partial charge in [-0.3, -0.25) is 4.79 Å². The fourth-order valence-electron chi connectivity index (χ4n) is 2.39. The number of carboxylic acid groups (broad SMARTS) is 1. The molecule has 0 saturated carbocycles. The Morgan fingerprint density at radius 1 is 1.12 bits per heavy atom. The second kappa shape index (κ2) is 6.96. The second-order valence-electron chi connectivity index (χ2n) is 6.01. The van der Waals surface area contributed by atoms with E-state index in [1.807, 2.05) is 6.92 Å². The molecular formula is C18H20NO6-. The minimum Gasteiger partial charge on any atom is -0.548 e. The SMILES string of the molecule is Cc1c(C)c2ccc(O[C@@H](C)C(=O)N[C@@H](C)C(=O)[O-])c(C)c2oc1=O. The molecule has 134 valence electrons. The minimum absolute atomic E-state index is 0.377. The van der Waals surface area contributed by atoms with Crippen LogP contribution in [0.3, 0.4) is 0 Å². The van der Waals surface area contributed by atoms with Crippen LogP contribution in [-0.4, -0.2) is 24.0 Å². The van der Waals surface area contributed by atoms with Crippen LogP contribution in [0.15, 0.2) is 21.3 Å². The van der Waals surface area contributed by atoms with E-state index in [4.69, 9.17) is 9.15 Å². The number of amides is 1. The zero-order valence-corrected chi connectivity index (χ0v) is 14.8. The highest BCUT2D eigenvalue weighted by molar-refractivity contribution is 5.87. The molecule has 0 spiro atoms. The van der Waals surface area contributed by atoms with E-state index in [0.29, 0.717) is 22.5 Å².